The second kappa shape index (κ2) is 6.55. The normalized spacial score (nSPS) is 14.1. The van der Waals surface area contributed by atoms with E-state index in [0.29, 0.717) is 5.75 Å². The maximum Gasteiger partial charge on any atom is 0.306 e. The van der Waals surface area contributed by atoms with Gasteiger partial charge in [-0.1, -0.05) is 36.8 Å². The molecule has 0 saturated heterocycles. The van der Waals surface area contributed by atoms with Crippen molar-refractivity contribution in [3.63, 3.8) is 0 Å². The van der Waals surface area contributed by atoms with Crippen molar-refractivity contribution in [2.45, 2.75) is 31.3 Å². The molecule has 0 fully saturated rings. The molecular weight excluding hydrogens is 236 g/mol. The van der Waals surface area contributed by atoms with Crippen molar-refractivity contribution >= 4 is 16.8 Å². The van der Waals surface area contributed by atoms with Crippen LogP contribution in [0.1, 0.15) is 24.5 Å². The van der Waals surface area contributed by atoms with Gasteiger partial charge in [0.05, 0.1) is 13.5 Å². The van der Waals surface area contributed by atoms with Gasteiger partial charge in [-0.2, -0.15) is 0 Å². The Bertz CT molecular complexity index is 415. The van der Waals surface area contributed by atoms with Crippen molar-refractivity contribution in [2.24, 2.45) is 0 Å². The van der Waals surface area contributed by atoms with E-state index in [-0.39, 0.29) is 17.6 Å². The second-order valence-electron chi connectivity index (χ2n) is 4.11. The molecule has 0 bridgehead atoms. The van der Waals surface area contributed by atoms with Gasteiger partial charge in [-0.3, -0.25) is 9.00 Å². The highest BCUT2D eigenvalue weighted by atomic mass is 32.2. The maximum absolute atomic E-state index is 12.0. The molecule has 0 aromatic heterocycles. The number of carbonyl (C=O) groups is 1. The van der Waals surface area contributed by atoms with E-state index in [4.69, 9.17) is 0 Å². The van der Waals surface area contributed by atoms with Crippen LogP contribution in [0.3, 0.4) is 0 Å². The van der Waals surface area contributed by atoms with Crippen LogP contribution in [0.4, 0.5) is 0 Å². The third-order valence-corrected chi connectivity index (χ3v) is 4.20. The fraction of sp³-hybridized carbons (Fsp3) is 0.462. The zero-order chi connectivity index (χ0) is 12.8. The van der Waals surface area contributed by atoms with Gasteiger partial charge in [-0.05, 0) is 12.5 Å². The number of esters is 1. The van der Waals surface area contributed by atoms with E-state index in [0.717, 1.165) is 11.1 Å². The first-order valence-electron chi connectivity index (χ1n) is 5.52. The quantitative estimate of drug-likeness (QED) is 0.757. The molecule has 0 N–H and O–H groups in total. The van der Waals surface area contributed by atoms with Gasteiger partial charge in [0.1, 0.15) is 0 Å². The van der Waals surface area contributed by atoms with E-state index in [1.807, 2.05) is 38.1 Å². The number of benzene rings is 1. The van der Waals surface area contributed by atoms with Crippen molar-refractivity contribution in [2.75, 3.05) is 7.11 Å². The zero-order valence-electron chi connectivity index (χ0n) is 10.4. The van der Waals surface area contributed by atoms with E-state index in [1.165, 1.54) is 7.11 Å². The highest BCUT2D eigenvalue weighted by Gasteiger charge is 2.16. The Labute approximate surface area is 105 Å². The number of aryl methyl sites for hydroxylation is 1. The van der Waals surface area contributed by atoms with E-state index in [1.54, 1.807) is 0 Å². The van der Waals surface area contributed by atoms with Crippen LogP contribution in [0.15, 0.2) is 24.3 Å². The molecule has 0 amide bonds. The number of methoxy groups -OCH3 is 1. The molecule has 3 nitrogen and oxygen atoms in total. The molecule has 17 heavy (non-hydrogen) atoms. The predicted octanol–water partition coefficient (Wildman–Crippen LogP) is 2.20. The minimum atomic E-state index is -1.05. The van der Waals surface area contributed by atoms with Crippen LogP contribution in [0.2, 0.25) is 0 Å². The molecule has 1 aromatic carbocycles. The zero-order valence-corrected chi connectivity index (χ0v) is 11.3. The van der Waals surface area contributed by atoms with Crippen LogP contribution >= 0.6 is 0 Å². The molecule has 94 valence electrons. The number of rotatable bonds is 5. The molecule has 0 aliphatic carbocycles. The molecular formula is C13H18O3S. The molecule has 4 heteroatoms. The molecule has 0 aliphatic heterocycles. The van der Waals surface area contributed by atoms with Crippen LogP contribution < -0.4 is 0 Å². The molecule has 2 unspecified atom stereocenters. The van der Waals surface area contributed by atoms with Gasteiger partial charge in [-0.25, -0.2) is 0 Å². The Hall–Kier alpha value is -1.16. The van der Waals surface area contributed by atoms with Crippen LogP contribution in [0.5, 0.6) is 0 Å². The Morgan fingerprint density at radius 1 is 1.47 bits per heavy atom. The van der Waals surface area contributed by atoms with Gasteiger partial charge in [-0.15, -0.1) is 0 Å². The van der Waals surface area contributed by atoms with E-state index < -0.39 is 10.8 Å². The predicted molar refractivity (Wildman–Crippen MR) is 69.1 cm³/mol. The van der Waals surface area contributed by atoms with Gasteiger partial charge in [0.15, 0.2) is 0 Å². The smallest absolute Gasteiger partial charge is 0.306 e. The highest BCUT2D eigenvalue weighted by Crippen LogP contribution is 2.11. The lowest BCUT2D eigenvalue weighted by atomic mass is 10.2. The average molecular weight is 254 g/mol. The maximum atomic E-state index is 12.0. The summed E-state index contributed by atoms with van der Waals surface area (Å²) >= 11 is 0. The molecule has 0 spiro atoms. The van der Waals surface area contributed by atoms with Gasteiger partial charge in [0.25, 0.3) is 0 Å². The van der Waals surface area contributed by atoms with Gasteiger partial charge >= 0.3 is 5.97 Å². The lowest BCUT2D eigenvalue weighted by molar-refractivity contribution is -0.140. The van der Waals surface area contributed by atoms with Crippen molar-refractivity contribution in [3.8, 4) is 0 Å². The van der Waals surface area contributed by atoms with Crippen LogP contribution in [-0.2, 0) is 26.1 Å². The van der Waals surface area contributed by atoms with Crippen molar-refractivity contribution in [1.82, 2.24) is 0 Å². The van der Waals surface area contributed by atoms with Gasteiger partial charge in [0.2, 0.25) is 0 Å². The Kier molecular flexibility index (Phi) is 5.35. The van der Waals surface area contributed by atoms with Crippen molar-refractivity contribution in [3.05, 3.63) is 35.4 Å². The Morgan fingerprint density at radius 2 is 2.18 bits per heavy atom. The number of hydrogen-bond donors (Lipinski definition) is 0. The summed E-state index contributed by atoms with van der Waals surface area (Å²) in [7, 11) is 0.299. The molecule has 1 rings (SSSR count). The minimum Gasteiger partial charge on any atom is -0.469 e. The highest BCUT2D eigenvalue weighted by molar-refractivity contribution is 7.84. The first-order valence-corrected chi connectivity index (χ1v) is 6.90. The third-order valence-electron chi connectivity index (χ3n) is 2.52. The largest absolute Gasteiger partial charge is 0.469 e. The number of ether oxygens (including phenoxy) is 1. The van der Waals surface area contributed by atoms with Crippen LogP contribution in [0.25, 0.3) is 0 Å². The van der Waals surface area contributed by atoms with Crippen molar-refractivity contribution < 1.29 is 13.7 Å². The van der Waals surface area contributed by atoms with Gasteiger partial charge < -0.3 is 4.74 Å². The third kappa shape index (κ3) is 4.69. The molecule has 0 heterocycles. The summed E-state index contributed by atoms with van der Waals surface area (Å²) in [5.41, 5.74) is 2.19. The van der Waals surface area contributed by atoms with Gasteiger partial charge in [0, 0.05) is 21.8 Å². The summed E-state index contributed by atoms with van der Waals surface area (Å²) in [5.74, 6) is 0.176. The van der Waals surface area contributed by atoms with Crippen molar-refractivity contribution in [1.29, 1.82) is 0 Å². The number of carbonyl (C=O) groups excluding carboxylic acids is 1. The van der Waals surface area contributed by atoms with E-state index in [9.17, 15) is 9.00 Å². The molecule has 1 aromatic rings. The summed E-state index contributed by atoms with van der Waals surface area (Å²) in [4.78, 5) is 11.1. The first-order chi connectivity index (χ1) is 8.02. The van der Waals surface area contributed by atoms with E-state index in [2.05, 4.69) is 4.74 Å². The summed E-state index contributed by atoms with van der Waals surface area (Å²) in [5, 5.41) is -0.178. The molecule has 0 aliphatic rings. The van der Waals surface area contributed by atoms with Crippen LogP contribution in [-0.4, -0.2) is 22.5 Å². The number of hydrogen-bond acceptors (Lipinski definition) is 3. The lowest BCUT2D eigenvalue weighted by Crippen LogP contribution is -2.18. The summed E-state index contributed by atoms with van der Waals surface area (Å²) in [6, 6.07) is 7.93. The topological polar surface area (TPSA) is 43.4 Å². The van der Waals surface area contributed by atoms with E-state index >= 15 is 0 Å². The SMILES string of the molecule is COC(=O)CC(C)S(=O)Cc1cccc(C)c1. The standard InChI is InChI=1S/C13H18O3S/c1-10-5-4-6-12(7-10)9-17(15)11(2)8-13(14)16-3/h4-7,11H,8-9H2,1-3H3. The summed E-state index contributed by atoms with van der Waals surface area (Å²) in [6.07, 6.45) is 0.203. The Balaban J connectivity index is 2.57. The summed E-state index contributed by atoms with van der Waals surface area (Å²) < 4.78 is 16.5. The molecule has 0 radical (unpaired) electrons. The average Bonchev–Trinajstić information content (AvgIpc) is 2.28. The minimum absolute atomic E-state index is 0.178. The molecule has 2 atom stereocenters. The monoisotopic (exact) mass is 254 g/mol. The first kappa shape index (κ1) is 13.9. The summed E-state index contributed by atoms with van der Waals surface area (Å²) in [6.45, 7) is 3.81. The molecule has 0 saturated carbocycles. The van der Waals surface area contributed by atoms with Crippen LogP contribution in [0, 0.1) is 6.92 Å². The Morgan fingerprint density at radius 3 is 2.76 bits per heavy atom. The second-order valence-corrected chi connectivity index (χ2v) is 5.96. The fourth-order valence-electron chi connectivity index (χ4n) is 1.52. The lowest BCUT2D eigenvalue weighted by Gasteiger charge is -2.10. The fourth-order valence-corrected chi connectivity index (χ4v) is 2.63.